The van der Waals surface area contributed by atoms with Gasteiger partial charge < -0.3 is 10.1 Å². The van der Waals surface area contributed by atoms with E-state index in [4.69, 9.17) is 4.74 Å². The summed E-state index contributed by atoms with van der Waals surface area (Å²) in [5.41, 5.74) is 3.35. The highest BCUT2D eigenvalue weighted by molar-refractivity contribution is 5.92. The summed E-state index contributed by atoms with van der Waals surface area (Å²) in [6.45, 7) is 5.37. The molecule has 0 unspecified atom stereocenters. The highest BCUT2D eigenvalue weighted by Gasteiger charge is 2.12. The number of ether oxygens (including phenoxy) is 1. The monoisotopic (exact) mass is 314 g/mol. The van der Waals surface area contributed by atoms with E-state index >= 15 is 0 Å². The average Bonchev–Trinajstić information content (AvgIpc) is 2.48. The minimum atomic E-state index is -0.452. The van der Waals surface area contributed by atoms with Gasteiger partial charge in [0, 0.05) is 17.3 Å². The van der Waals surface area contributed by atoms with Gasteiger partial charge in [-0.1, -0.05) is 17.7 Å². The number of carbonyl (C=O) groups is 1. The van der Waals surface area contributed by atoms with Gasteiger partial charge in [0.05, 0.1) is 4.92 Å². The number of rotatable bonds is 5. The Bertz CT molecular complexity index is 756. The Labute approximate surface area is 134 Å². The number of aryl methyl sites for hydroxylation is 3. The van der Waals surface area contributed by atoms with Crippen molar-refractivity contribution in [1.82, 2.24) is 0 Å². The molecular weight excluding hydrogens is 296 g/mol. The Morgan fingerprint density at radius 1 is 1.13 bits per heavy atom. The van der Waals surface area contributed by atoms with Crippen molar-refractivity contribution in [1.29, 1.82) is 0 Å². The van der Waals surface area contributed by atoms with E-state index in [-0.39, 0.29) is 18.2 Å². The maximum absolute atomic E-state index is 11.9. The fourth-order valence-electron chi connectivity index (χ4n) is 2.21. The largest absolute Gasteiger partial charge is 0.484 e. The van der Waals surface area contributed by atoms with Crippen molar-refractivity contribution < 1.29 is 14.5 Å². The summed E-state index contributed by atoms with van der Waals surface area (Å²) < 4.78 is 5.38. The number of nitrogens with zero attached hydrogens (tertiary/aromatic N) is 1. The van der Waals surface area contributed by atoms with E-state index in [0.717, 1.165) is 16.8 Å². The molecule has 0 aliphatic heterocycles. The van der Waals surface area contributed by atoms with Crippen LogP contribution in [0, 0.1) is 30.9 Å². The lowest BCUT2D eigenvalue weighted by molar-refractivity contribution is -0.385. The first kappa shape index (κ1) is 16.5. The number of amides is 1. The first-order valence-corrected chi connectivity index (χ1v) is 7.12. The molecule has 0 aromatic heterocycles. The first-order valence-electron chi connectivity index (χ1n) is 7.12. The van der Waals surface area contributed by atoms with Crippen LogP contribution in [-0.4, -0.2) is 17.4 Å². The van der Waals surface area contributed by atoms with Gasteiger partial charge in [-0.2, -0.15) is 0 Å². The topological polar surface area (TPSA) is 81.5 Å². The number of hydrogen-bond donors (Lipinski definition) is 1. The molecule has 0 aliphatic carbocycles. The van der Waals surface area contributed by atoms with E-state index in [0.29, 0.717) is 11.3 Å². The second kappa shape index (κ2) is 6.91. The highest BCUT2D eigenvalue weighted by atomic mass is 16.6. The lowest BCUT2D eigenvalue weighted by Crippen LogP contribution is -2.20. The second-order valence-corrected chi connectivity index (χ2v) is 5.36. The molecule has 0 bridgehead atoms. The van der Waals surface area contributed by atoms with Crippen LogP contribution >= 0.6 is 0 Å². The zero-order valence-electron chi connectivity index (χ0n) is 13.3. The summed E-state index contributed by atoms with van der Waals surface area (Å²) in [7, 11) is 0. The van der Waals surface area contributed by atoms with Crippen molar-refractivity contribution >= 4 is 17.3 Å². The first-order chi connectivity index (χ1) is 10.9. The predicted molar refractivity (Wildman–Crippen MR) is 87.9 cm³/mol. The van der Waals surface area contributed by atoms with E-state index in [2.05, 4.69) is 5.32 Å². The van der Waals surface area contributed by atoms with E-state index < -0.39 is 4.92 Å². The molecule has 0 heterocycles. The molecule has 2 aromatic rings. The van der Waals surface area contributed by atoms with Crippen LogP contribution < -0.4 is 10.1 Å². The average molecular weight is 314 g/mol. The van der Waals surface area contributed by atoms with Crippen molar-refractivity contribution in [3.8, 4) is 5.75 Å². The van der Waals surface area contributed by atoms with Gasteiger partial charge >= 0.3 is 0 Å². The van der Waals surface area contributed by atoms with E-state index in [1.807, 2.05) is 32.0 Å². The van der Waals surface area contributed by atoms with E-state index in [9.17, 15) is 14.9 Å². The normalized spacial score (nSPS) is 10.2. The van der Waals surface area contributed by atoms with E-state index in [1.165, 1.54) is 12.1 Å². The van der Waals surface area contributed by atoms with Crippen LogP contribution in [0.2, 0.25) is 0 Å². The van der Waals surface area contributed by atoms with Gasteiger partial charge in [-0.3, -0.25) is 14.9 Å². The van der Waals surface area contributed by atoms with Gasteiger partial charge in [0.25, 0.3) is 11.6 Å². The molecule has 0 atom stereocenters. The third-order valence-electron chi connectivity index (χ3n) is 3.39. The Morgan fingerprint density at radius 2 is 1.87 bits per heavy atom. The van der Waals surface area contributed by atoms with Crippen LogP contribution in [-0.2, 0) is 4.79 Å². The summed E-state index contributed by atoms with van der Waals surface area (Å²) in [6, 6.07) is 10.1. The molecule has 0 saturated carbocycles. The summed E-state index contributed by atoms with van der Waals surface area (Å²) in [6.07, 6.45) is 0. The Hall–Kier alpha value is -2.89. The van der Waals surface area contributed by atoms with Crippen molar-refractivity contribution in [2.75, 3.05) is 11.9 Å². The van der Waals surface area contributed by atoms with Crippen LogP contribution in [0.25, 0.3) is 0 Å². The lowest BCUT2D eigenvalue weighted by Gasteiger charge is -2.10. The molecule has 6 nitrogen and oxygen atoms in total. The summed E-state index contributed by atoms with van der Waals surface area (Å²) in [5.74, 6) is 0.136. The third-order valence-corrected chi connectivity index (χ3v) is 3.39. The third kappa shape index (κ3) is 4.29. The molecule has 2 rings (SSSR count). The molecule has 0 spiro atoms. The number of nitro groups is 1. The molecule has 0 fully saturated rings. The lowest BCUT2D eigenvalue weighted by atomic mass is 10.1. The number of carbonyl (C=O) groups excluding carboxylic acids is 1. The van der Waals surface area contributed by atoms with E-state index in [1.54, 1.807) is 13.0 Å². The number of benzene rings is 2. The number of nitrogens with one attached hydrogen (secondary N) is 1. The Balaban J connectivity index is 1.96. The molecule has 1 N–H and O–H groups in total. The van der Waals surface area contributed by atoms with Gasteiger partial charge in [0.15, 0.2) is 6.61 Å². The minimum Gasteiger partial charge on any atom is -0.484 e. The summed E-state index contributed by atoms with van der Waals surface area (Å²) in [5, 5.41) is 13.5. The fourth-order valence-corrected chi connectivity index (χ4v) is 2.21. The van der Waals surface area contributed by atoms with Gasteiger partial charge in [-0.25, -0.2) is 0 Å². The molecule has 2 aromatic carbocycles. The van der Waals surface area contributed by atoms with Crippen molar-refractivity contribution in [2.24, 2.45) is 0 Å². The van der Waals surface area contributed by atoms with Gasteiger partial charge in [-0.05, 0) is 44.5 Å². The van der Waals surface area contributed by atoms with Gasteiger partial charge in [0.2, 0.25) is 0 Å². The minimum absolute atomic E-state index is 0.0251. The zero-order valence-corrected chi connectivity index (χ0v) is 13.3. The maximum Gasteiger partial charge on any atom is 0.272 e. The van der Waals surface area contributed by atoms with Crippen LogP contribution in [0.5, 0.6) is 5.75 Å². The molecule has 6 heteroatoms. The van der Waals surface area contributed by atoms with Crippen molar-refractivity contribution in [3.05, 3.63) is 63.2 Å². The van der Waals surface area contributed by atoms with Gasteiger partial charge in [0.1, 0.15) is 5.75 Å². The van der Waals surface area contributed by atoms with Crippen LogP contribution in [0.15, 0.2) is 36.4 Å². The highest BCUT2D eigenvalue weighted by Crippen LogP contribution is 2.23. The Morgan fingerprint density at radius 3 is 2.48 bits per heavy atom. The van der Waals surface area contributed by atoms with Gasteiger partial charge in [-0.15, -0.1) is 0 Å². The molecule has 1 amide bonds. The quantitative estimate of drug-likeness (QED) is 0.676. The summed E-state index contributed by atoms with van der Waals surface area (Å²) in [4.78, 5) is 22.2. The fraction of sp³-hybridized carbons (Fsp3) is 0.235. The molecule has 23 heavy (non-hydrogen) atoms. The molecular formula is C17H18N2O4. The predicted octanol–water partition coefficient (Wildman–Crippen LogP) is 3.54. The smallest absolute Gasteiger partial charge is 0.272 e. The summed E-state index contributed by atoms with van der Waals surface area (Å²) >= 11 is 0. The van der Waals surface area contributed by atoms with Crippen molar-refractivity contribution in [2.45, 2.75) is 20.8 Å². The molecule has 0 aliphatic rings. The zero-order chi connectivity index (χ0) is 17.0. The molecule has 0 saturated heterocycles. The standard InChI is InChI=1S/C17H18N2O4/c1-11-4-6-15(12(2)8-11)18-17(20)10-23-14-5-7-16(19(21)22)13(3)9-14/h4-9H,10H2,1-3H3,(H,18,20). The van der Waals surface area contributed by atoms with Crippen LogP contribution in [0.3, 0.4) is 0 Å². The van der Waals surface area contributed by atoms with Crippen molar-refractivity contribution in [3.63, 3.8) is 0 Å². The van der Waals surface area contributed by atoms with Crippen LogP contribution in [0.1, 0.15) is 16.7 Å². The Kier molecular flexibility index (Phi) is 4.95. The second-order valence-electron chi connectivity index (χ2n) is 5.36. The SMILES string of the molecule is Cc1ccc(NC(=O)COc2ccc([N+](=O)[O-])c(C)c2)c(C)c1. The maximum atomic E-state index is 11.9. The number of anilines is 1. The number of hydrogen-bond acceptors (Lipinski definition) is 4. The molecule has 120 valence electrons. The van der Waals surface area contributed by atoms with Crippen LogP contribution in [0.4, 0.5) is 11.4 Å². The molecule has 0 radical (unpaired) electrons. The number of nitro benzene ring substituents is 1.